The normalized spacial score (nSPS) is 11.3. The largest absolute Gasteiger partial charge is 0.495 e. The lowest BCUT2D eigenvalue weighted by Crippen LogP contribution is -2.39. The molecule has 180 valence electrons. The molecule has 3 rings (SSSR count). The van der Waals surface area contributed by atoms with Gasteiger partial charge in [0.25, 0.3) is 0 Å². The van der Waals surface area contributed by atoms with Gasteiger partial charge < -0.3 is 14.8 Å². The Kier molecular flexibility index (Phi) is 8.55. The van der Waals surface area contributed by atoms with Crippen LogP contribution in [0.2, 0.25) is 5.02 Å². The zero-order valence-electron chi connectivity index (χ0n) is 19.2. The van der Waals surface area contributed by atoms with E-state index in [1.54, 1.807) is 12.1 Å². The SMILES string of the molecule is COc1ccc(S(=O)(=O)N(CCc2ccccc2)CC(=O)Nc2cc(C)ccc2OC)cc1Cl. The summed E-state index contributed by atoms with van der Waals surface area (Å²) in [5.41, 5.74) is 2.36. The van der Waals surface area contributed by atoms with Crippen LogP contribution in [0, 0.1) is 6.92 Å². The van der Waals surface area contributed by atoms with Gasteiger partial charge in [-0.25, -0.2) is 8.42 Å². The molecule has 0 heterocycles. The number of rotatable bonds is 10. The van der Waals surface area contributed by atoms with Gasteiger partial charge in [-0.3, -0.25) is 4.79 Å². The van der Waals surface area contributed by atoms with Crippen LogP contribution in [0.15, 0.2) is 71.6 Å². The number of nitrogens with zero attached hydrogens (tertiary/aromatic N) is 1. The fraction of sp³-hybridized carbons (Fsp3) is 0.240. The van der Waals surface area contributed by atoms with Crippen molar-refractivity contribution in [2.45, 2.75) is 18.2 Å². The third-order valence-electron chi connectivity index (χ3n) is 5.20. The lowest BCUT2D eigenvalue weighted by Gasteiger charge is -2.22. The number of hydrogen-bond donors (Lipinski definition) is 1. The number of halogens is 1. The Labute approximate surface area is 205 Å². The molecule has 0 aromatic heterocycles. The van der Waals surface area contributed by atoms with E-state index in [2.05, 4.69) is 5.32 Å². The van der Waals surface area contributed by atoms with E-state index >= 15 is 0 Å². The Bertz CT molecular complexity index is 1250. The molecule has 0 aliphatic rings. The summed E-state index contributed by atoms with van der Waals surface area (Å²) in [5, 5.41) is 2.94. The summed E-state index contributed by atoms with van der Waals surface area (Å²) in [5.74, 6) is 0.362. The highest BCUT2D eigenvalue weighted by atomic mass is 35.5. The number of methoxy groups -OCH3 is 2. The summed E-state index contributed by atoms with van der Waals surface area (Å²) in [6, 6.07) is 19.1. The van der Waals surface area contributed by atoms with Gasteiger partial charge in [-0.15, -0.1) is 0 Å². The highest BCUT2D eigenvalue weighted by Gasteiger charge is 2.27. The minimum absolute atomic E-state index is 0.0210. The Hall–Kier alpha value is -3.07. The summed E-state index contributed by atoms with van der Waals surface area (Å²) < 4.78 is 38.6. The van der Waals surface area contributed by atoms with Crippen LogP contribution < -0.4 is 14.8 Å². The van der Waals surface area contributed by atoms with Crippen LogP contribution in [0.1, 0.15) is 11.1 Å². The van der Waals surface area contributed by atoms with Crippen molar-refractivity contribution in [1.82, 2.24) is 4.31 Å². The topological polar surface area (TPSA) is 84.9 Å². The van der Waals surface area contributed by atoms with E-state index in [-0.39, 0.29) is 23.0 Å². The molecule has 0 saturated heterocycles. The van der Waals surface area contributed by atoms with Crippen LogP contribution in [0.5, 0.6) is 11.5 Å². The average molecular weight is 503 g/mol. The molecule has 0 unspecified atom stereocenters. The van der Waals surface area contributed by atoms with Crippen molar-refractivity contribution in [1.29, 1.82) is 0 Å². The predicted molar refractivity (Wildman–Crippen MR) is 133 cm³/mol. The van der Waals surface area contributed by atoms with Crippen LogP contribution in [0.25, 0.3) is 0 Å². The number of sulfonamides is 1. The molecule has 1 N–H and O–H groups in total. The number of hydrogen-bond acceptors (Lipinski definition) is 5. The van der Waals surface area contributed by atoms with E-state index < -0.39 is 15.9 Å². The lowest BCUT2D eigenvalue weighted by molar-refractivity contribution is -0.116. The molecular weight excluding hydrogens is 476 g/mol. The molecule has 3 aromatic rings. The van der Waals surface area contributed by atoms with Crippen LogP contribution in [0.3, 0.4) is 0 Å². The van der Waals surface area contributed by atoms with Gasteiger partial charge in [0.1, 0.15) is 11.5 Å². The number of benzene rings is 3. The van der Waals surface area contributed by atoms with Crippen molar-refractivity contribution >= 4 is 33.2 Å². The van der Waals surface area contributed by atoms with Gasteiger partial charge in [0.2, 0.25) is 15.9 Å². The second-order valence-electron chi connectivity index (χ2n) is 7.62. The van der Waals surface area contributed by atoms with Gasteiger partial charge in [0.05, 0.1) is 36.4 Å². The van der Waals surface area contributed by atoms with Crippen molar-refractivity contribution < 1.29 is 22.7 Å². The number of amides is 1. The van der Waals surface area contributed by atoms with Crippen LogP contribution >= 0.6 is 11.6 Å². The zero-order chi connectivity index (χ0) is 24.7. The van der Waals surface area contributed by atoms with E-state index in [9.17, 15) is 13.2 Å². The first-order chi connectivity index (χ1) is 16.2. The maximum absolute atomic E-state index is 13.5. The highest BCUT2D eigenvalue weighted by Crippen LogP contribution is 2.29. The quantitative estimate of drug-likeness (QED) is 0.440. The summed E-state index contributed by atoms with van der Waals surface area (Å²) >= 11 is 6.17. The van der Waals surface area contributed by atoms with E-state index in [0.717, 1.165) is 15.4 Å². The smallest absolute Gasteiger partial charge is 0.243 e. The van der Waals surface area contributed by atoms with E-state index in [4.69, 9.17) is 21.1 Å². The summed E-state index contributed by atoms with van der Waals surface area (Å²) in [7, 11) is -1.07. The molecule has 0 aliphatic carbocycles. The first kappa shape index (κ1) is 25.6. The fourth-order valence-corrected chi connectivity index (χ4v) is 5.15. The molecule has 0 spiro atoms. The van der Waals surface area contributed by atoms with Crippen molar-refractivity contribution in [2.24, 2.45) is 0 Å². The Morgan fingerprint density at radius 2 is 1.65 bits per heavy atom. The second kappa shape index (κ2) is 11.4. The minimum atomic E-state index is -4.03. The molecule has 9 heteroatoms. The Morgan fingerprint density at radius 1 is 0.971 bits per heavy atom. The van der Waals surface area contributed by atoms with E-state index in [1.165, 1.54) is 32.4 Å². The van der Waals surface area contributed by atoms with Gasteiger partial charge >= 0.3 is 0 Å². The van der Waals surface area contributed by atoms with Crippen LogP contribution in [-0.4, -0.2) is 45.9 Å². The van der Waals surface area contributed by atoms with E-state index in [0.29, 0.717) is 23.6 Å². The standard InChI is InChI=1S/C25H27ClN2O5S/c1-18-9-11-24(33-3)22(15-18)27-25(29)17-28(14-13-19-7-5-4-6-8-19)34(30,31)20-10-12-23(32-2)21(26)16-20/h4-12,15-16H,13-14,17H2,1-3H3,(H,27,29). The summed E-state index contributed by atoms with van der Waals surface area (Å²) in [6.45, 7) is 1.61. The number of ether oxygens (including phenoxy) is 2. The maximum Gasteiger partial charge on any atom is 0.243 e. The highest BCUT2D eigenvalue weighted by molar-refractivity contribution is 7.89. The number of carbonyl (C=O) groups excluding carboxylic acids is 1. The Morgan fingerprint density at radius 3 is 2.29 bits per heavy atom. The maximum atomic E-state index is 13.5. The third-order valence-corrected chi connectivity index (χ3v) is 7.34. The van der Waals surface area contributed by atoms with Gasteiger partial charge in [-0.05, 0) is 54.8 Å². The van der Waals surface area contributed by atoms with Crippen molar-refractivity contribution in [3.05, 3.63) is 82.9 Å². The molecule has 0 bridgehead atoms. The molecule has 34 heavy (non-hydrogen) atoms. The van der Waals surface area contributed by atoms with Crippen LogP contribution in [0.4, 0.5) is 5.69 Å². The molecule has 0 aliphatic heterocycles. The summed E-state index contributed by atoms with van der Waals surface area (Å²) in [4.78, 5) is 12.9. The molecule has 0 fully saturated rings. The molecule has 1 amide bonds. The average Bonchev–Trinajstić information content (AvgIpc) is 2.82. The Balaban J connectivity index is 1.88. The van der Waals surface area contributed by atoms with Gasteiger partial charge in [0, 0.05) is 6.54 Å². The van der Waals surface area contributed by atoms with Crippen molar-refractivity contribution in [2.75, 3.05) is 32.6 Å². The lowest BCUT2D eigenvalue weighted by atomic mass is 10.1. The first-order valence-corrected chi connectivity index (χ1v) is 12.4. The number of anilines is 1. The monoisotopic (exact) mass is 502 g/mol. The van der Waals surface area contributed by atoms with Gasteiger partial charge in [0.15, 0.2) is 0 Å². The van der Waals surface area contributed by atoms with Gasteiger partial charge in [-0.1, -0.05) is 48.0 Å². The molecule has 0 radical (unpaired) electrons. The molecule has 7 nitrogen and oxygen atoms in total. The fourth-order valence-electron chi connectivity index (χ4n) is 3.41. The van der Waals surface area contributed by atoms with Crippen LogP contribution in [-0.2, 0) is 21.2 Å². The van der Waals surface area contributed by atoms with E-state index in [1.807, 2.05) is 43.3 Å². The second-order valence-corrected chi connectivity index (χ2v) is 9.97. The number of carbonyl (C=O) groups is 1. The third kappa shape index (κ3) is 6.28. The zero-order valence-corrected chi connectivity index (χ0v) is 20.8. The van der Waals surface area contributed by atoms with Gasteiger partial charge in [-0.2, -0.15) is 4.31 Å². The molecule has 3 aromatic carbocycles. The number of aryl methyl sites for hydroxylation is 1. The minimum Gasteiger partial charge on any atom is -0.495 e. The van der Waals surface area contributed by atoms with Crippen molar-refractivity contribution in [3.8, 4) is 11.5 Å². The molecular formula is C25H27ClN2O5S. The number of nitrogens with one attached hydrogen (secondary N) is 1. The molecule has 0 saturated carbocycles. The predicted octanol–water partition coefficient (Wildman–Crippen LogP) is 4.54. The summed E-state index contributed by atoms with van der Waals surface area (Å²) in [6.07, 6.45) is 0.436. The van der Waals surface area contributed by atoms with Crippen molar-refractivity contribution in [3.63, 3.8) is 0 Å². The molecule has 0 atom stereocenters. The first-order valence-electron chi connectivity index (χ1n) is 10.6.